The second-order valence-electron chi connectivity index (χ2n) is 1.26. The topological polar surface area (TPSA) is 46.2 Å². The second-order valence-corrected chi connectivity index (χ2v) is 2.68. The molecule has 2 nitrogen and oxygen atoms in total. The molecule has 3 N–H and O–H groups in total. The van der Waals surface area contributed by atoms with Crippen molar-refractivity contribution in [3.63, 3.8) is 0 Å². The molecule has 7 heavy (non-hydrogen) atoms. The number of rotatable bonds is 3. The van der Waals surface area contributed by atoms with Crippen molar-refractivity contribution in [2.45, 2.75) is 12.4 Å². The molecule has 0 amide bonds. The molecule has 1 unspecified atom stereocenters. The van der Waals surface area contributed by atoms with Crippen molar-refractivity contribution in [2.24, 2.45) is 5.73 Å². The molecule has 0 aliphatic carbocycles. The highest BCUT2D eigenvalue weighted by molar-refractivity contribution is 7.99. The van der Waals surface area contributed by atoms with Crippen LogP contribution in [0, 0.1) is 0 Å². The minimum absolute atomic E-state index is 0.261. The molecule has 0 aromatic rings. The SMILES string of the molecule is CC(O)SCCN. The molecule has 0 saturated heterocycles. The standard InChI is InChI=1S/C4H11NOS/c1-4(6)7-3-2-5/h4,6H,2-3,5H2,1H3. The van der Waals surface area contributed by atoms with Gasteiger partial charge in [0.25, 0.3) is 0 Å². The zero-order chi connectivity index (χ0) is 5.70. The Morgan fingerprint density at radius 3 is 2.57 bits per heavy atom. The van der Waals surface area contributed by atoms with E-state index in [0.29, 0.717) is 6.54 Å². The fraction of sp³-hybridized carbons (Fsp3) is 1.00. The Balaban J connectivity index is 2.68. The Hall–Kier alpha value is 0.270. The third-order valence-corrected chi connectivity index (χ3v) is 1.43. The highest BCUT2D eigenvalue weighted by Gasteiger charge is 1.90. The van der Waals surface area contributed by atoms with Crippen molar-refractivity contribution in [1.29, 1.82) is 0 Å². The number of aliphatic hydroxyl groups excluding tert-OH is 1. The lowest BCUT2D eigenvalue weighted by molar-refractivity contribution is 0.284. The molecule has 0 rings (SSSR count). The highest BCUT2D eigenvalue weighted by Crippen LogP contribution is 2.03. The molecule has 0 heterocycles. The maximum Gasteiger partial charge on any atom is 0.0965 e. The molecule has 3 heteroatoms. The summed E-state index contributed by atoms with van der Waals surface area (Å²) in [4.78, 5) is 0. The summed E-state index contributed by atoms with van der Waals surface area (Å²) in [6, 6.07) is 0. The van der Waals surface area contributed by atoms with Crippen LogP contribution < -0.4 is 5.73 Å². The Morgan fingerprint density at radius 1 is 1.86 bits per heavy atom. The molecule has 0 radical (unpaired) electrons. The lowest BCUT2D eigenvalue weighted by atomic mass is 10.8. The summed E-state index contributed by atoms with van der Waals surface area (Å²) < 4.78 is 0. The molecule has 0 spiro atoms. The van der Waals surface area contributed by atoms with Crippen LogP contribution in [-0.4, -0.2) is 22.8 Å². The van der Waals surface area contributed by atoms with Gasteiger partial charge in [0.1, 0.15) is 0 Å². The molecule has 44 valence electrons. The summed E-state index contributed by atoms with van der Waals surface area (Å²) in [5.41, 5.74) is 4.88. The van der Waals surface area contributed by atoms with Crippen molar-refractivity contribution in [2.75, 3.05) is 12.3 Å². The number of thioether (sulfide) groups is 1. The third kappa shape index (κ3) is 6.27. The third-order valence-electron chi connectivity index (χ3n) is 0.477. The first-order valence-corrected chi connectivity index (χ1v) is 3.32. The minimum Gasteiger partial charge on any atom is -0.383 e. The zero-order valence-corrected chi connectivity index (χ0v) is 5.24. The van der Waals surface area contributed by atoms with Crippen LogP contribution in [0.3, 0.4) is 0 Å². The molecule has 0 saturated carbocycles. The van der Waals surface area contributed by atoms with Gasteiger partial charge in [0.05, 0.1) is 5.44 Å². The van der Waals surface area contributed by atoms with Gasteiger partial charge in [-0.05, 0) is 6.92 Å². The number of hydrogen-bond donors (Lipinski definition) is 2. The first kappa shape index (κ1) is 7.27. The number of nitrogens with two attached hydrogens (primary N) is 1. The summed E-state index contributed by atoms with van der Waals surface area (Å²) >= 11 is 1.46. The number of hydrogen-bond acceptors (Lipinski definition) is 3. The van der Waals surface area contributed by atoms with Crippen molar-refractivity contribution in [1.82, 2.24) is 0 Å². The summed E-state index contributed by atoms with van der Waals surface area (Å²) in [5.74, 6) is 0.845. The first-order valence-electron chi connectivity index (χ1n) is 2.27. The predicted octanol–water partition coefficient (Wildman–Crippen LogP) is 0.0166. The van der Waals surface area contributed by atoms with Crippen molar-refractivity contribution in [3.05, 3.63) is 0 Å². The van der Waals surface area contributed by atoms with E-state index in [1.807, 2.05) is 0 Å². The van der Waals surface area contributed by atoms with Gasteiger partial charge in [-0.25, -0.2) is 0 Å². The largest absolute Gasteiger partial charge is 0.383 e. The summed E-state index contributed by atoms with van der Waals surface area (Å²) in [6.07, 6.45) is 0. The van der Waals surface area contributed by atoms with Gasteiger partial charge in [-0.2, -0.15) is 0 Å². The monoisotopic (exact) mass is 121 g/mol. The molecule has 0 aliphatic rings. The van der Waals surface area contributed by atoms with Gasteiger partial charge in [-0.1, -0.05) is 0 Å². The van der Waals surface area contributed by atoms with Crippen LogP contribution in [-0.2, 0) is 0 Å². The van der Waals surface area contributed by atoms with Crippen LogP contribution in [0.15, 0.2) is 0 Å². The second kappa shape index (κ2) is 4.43. The van der Waals surface area contributed by atoms with Gasteiger partial charge in [-0.3, -0.25) is 0 Å². The molecule has 0 fully saturated rings. The Labute approximate surface area is 48.1 Å². The van der Waals surface area contributed by atoms with E-state index in [0.717, 1.165) is 5.75 Å². The summed E-state index contributed by atoms with van der Waals surface area (Å²) in [7, 11) is 0. The van der Waals surface area contributed by atoms with Crippen LogP contribution in [0.4, 0.5) is 0 Å². The molecule has 0 bridgehead atoms. The summed E-state index contributed by atoms with van der Waals surface area (Å²) in [6.45, 7) is 2.38. The van der Waals surface area contributed by atoms with E-state index in [-0.39, 0.29) is 5.44 Å². The fourth-order valence-electron chi connectivity index (χ4n) is 0.239. The van der Waals surface area contributed by atoms with Crippen LogP contribution >= 0.6 is 11.8 Å². The zero-order valence-electron chi connectivity index (χ0n) is 4.42. The van der Waals surface area contributed by atoms with E-state index >= 15 is 0 Å². The maximum absolute atomic E-state index is 8.59. The molecule has 0 aromatic carbocycles. The first-order chi connectivity index (χ1) is 3.27. The van der Waals surface area contributed by atoms with E-state index in [2.05, 4.69) is 0 Å². The van der Waals surface area contributed by atoms with Crippen LogP contribution in [0.2, 0.25) is 0 Å². The predicted molar refractivity (Wildman–Crippen MR) is 33.2 cm³/mol. The van der Waals surface area contributed by atoms with Crippen LogP contribution in [0.1, 0.15) is 6.92 Å². The molecule has 1 atom stereocenters. The fourth-order valence-corrected chi connectivity index (χ4v) is 0.716. The van der Waals surface area contributed by atoms with Crippen molar-refractivity contribution >= 4 is 11.8 Å². The average Bonchev–Trinajstić information content (AvgIpc) is 1.61. The number of aliphatic hydroxyl groups is 1. The van der Waals surface area contributed by atoms with Gasteiger partial charge >= 0.3 is 0 Å². The minimum atomic E-state index is -0.261. The normalized spacial score (nSPS) is 14.1. The van der Waals surface area contributed by atoms with Crippen LogP contribution in [0.25, 0.3) is 0 Å². The molecular formula is C4H11NOS. The van der Waals surface area contributed by atoms with Gasteiger partial charge in [0.15, 0.2) is 0 Å². The van der Waals surface area contributed by atoms with Crippen LogP contribution in [0.5, 0.6) is 0 Å². The smallest absolute Gasteiger partial charge is 0.0965 e. The molecule has 0 aromatic heterocycles. The van der Waals surface area contributed by atoms with E-state index < -0.39 is 0 Å². The maximum atomic E-state index is 8.59. The van der Waals surface area contributed by atoms with Crippen molar-refractivity contribution in [3.8, 4) is 0 Å². The van der Waals surface area contributed by atoms with E-state index in [4.69, 9.17) is 10.8 Å². The van der Waals surface area contributed by atoms with E-state index in [9.17, 15) is 0 Å². The van der Waals surface area contributed by atoms with Gasteiger partial charge in [0, 0.05) is 12.3 Å². The average molecular weight is 121 g/mol. The van der Waals surface area contributed by atoms with E-state index in [1.54, 1.807) is 6.92 Å². The lowest BCUT2D eigenvalue weighted by Crippen LogP contribution is -2.04. The Morgan fingerprint density at radius 2 is 2.43 bits per heavy atom. The Bertz CT molecular complexity index is 40.7. The lowest BCUT2D eigenvalue weighted by Gasteiger charge is -1.98. The Kier molecular flexibility index (Phi) is 4.60. The van der Waals surface area contributed by atoms with Gasteiger partial charge in [0.2, 0.25) is 0 Å². The van der Waals surface area contributed by atoms with E-state index in [1.165, 1.54) is 11.8 Å². The molecular weight excluding hydrogens is 110 g/mol. The quantitative estimate of drug-likeness (QED) is 0.517. The molecule has 0 aliphatic heterocycles. The van der Waals surface area contributed by atoms with Gasteiger partial charge < -0.3 is 10.8 Å². The van der Waals surface area contributed by atoms with Gasteiger partial charge in [-0.15, -0.1) is 11.8 Å². The highest BCUT2D eigenvalue weighted by atomic mass is 32.2. The van der Waals surface area contributed by atoms with Crippen molar-refractivity contribution < 1.29 is 5.11 Å². The summed E-state index contributed by atoms with van der Waals surface area (Å²) in [5, 5.41) is 8.59.